The van der Waals surface area contributed by atoms with E-state index in [1.54, 1.807) is 0 Å². The lowest BCUT2D eigenvalue weighted by Crippen LogP contribution is -2.40. The zero-order chi connectivity index (χ0) is 12.1. The van der Waals surface area contributed by atoms with E-state index < -0.39 is 0 Å². The van der Waals surface area contributed by atoms with E-state index in [2.05, 4.69) is 46.5 Å². The Morgan fingerprint density at radius 3 is 2.27 bits per heavy atom. The maximum atomic E-state index is 5.52. The third-order valence-electron chi connectivity index (χ3n) is 3.12. The van der Waals surface area contributed by atoms with E-state index in [0.717, 1.165) is 24.0 Å². The Bertz CT molecular complexity index is 195. The molecule has 0 aromatic heterocycles. The molecule has 0 fully saturated rings. The van der Waals surface area contributed by atoms with Crippen LogP contribution in [0.3, 0.4) is 0 Å². The summed E-state index contributed by atoms with van der Waals surface area (Å²) in [5.41, 5.74) is 6.56. The van der Waals surface area contributed by atoms with Gasteiger partial charge < -0.3 is 11.1 Å². The van der Waals surface area contributed by atoms with Crippen molar-refractivity contribution < 1.29 is 0 Å². The Morgan fingerprint density at radius 1 is 1.33 bits per heavy atom. The fourth-order valence-electron chi connectivity index (χ4n) is 1.51. The smallest absolute Gasteiger partial charge is 0.0322 e. The molecule has 0 saturated heterocycles. The summed E-state index contributed by atoms with van der Waals surface area (Å²) in [5, 5.41) is 3.38. The summed E-state index contributed by atoms with van der Waals surface area (Å²) in [7, 11) is 0. The van der Waals surface area contributed by atoms with Crippen LogP contribution in [0.25, 0.3) is 0 Å². The highest BCUT2D eigenvalue weighted by Gasteiger charge is 2.19. The summed E-state index contributed by atoms with van der Waals surface area (Å²) in [6.45, 7) is 15.7. The minimum atomic E-state index is 0.111. The molecule has 1 unspecified atom stereocenters. The van der Waals surface area contributed by atoms with Crippen LogP contribution in [-0.4, -0.2) is 12.1 Å². The van der Waals surface area contributed by atoms with E-state index in [0.29, 0.717) is 6.54 Å². The molecule has 0 amide bonds. The fraction of sp³-hybridized carbons (Fsp3) is 0.846. The van der Waals surface area contributed by atoms with Gasteiger partial charge in [-0.25, -0.2) is 0 Å². The van der Waals surface area contributed by atoms with Crippen molar-refractivity contribution in [3.05, 3.63) is 12.3 Å². The largest absolute Gasteiger partial charge is 0.383 e. The van der Waals surface area contributed by atoms with Gasteiger partial charge in [-0.15, -0.1) is 0 Å². The lowest BCUT2D eigenvalue weighted by Gasteiger charge is -2.30. The van der Waals surface area contributed by atoms with E-state index in [1.807, 2.05) is 0 Å². The van der Waals surface area contributed by atoms with Gasteiger partial charge in [0.15, 0.2) is 0 Å². The highest BCUT2D eigenvalue weighted by Crippen LogP contribution is 2.21. The van der Waals surface area contributed by atoms with E-state index in [1.165, 1.54) is 6.42 Å². The molecule has 0 aliphatic heterocycles. The van der Waals surface area contributed by atoms with Gasteiger partial charge in [-0.3, -0.25) is 0 Å². The van der Waals surface area contributed by atoms with Crippen LogP contribution in [0.15, 0.2) is 12.3 Å². The van der Waals surface area contributed by atoms with Crippen LogP contribution >= 0.6 is 0 Å². The molecule has 1 atom stereocenters. The lowest BCUT2D eigenvalue weighted by molar-refractivity contribution is 0.310. The summed E-state index contributed by atoms with van der Waals surface area (Å²) in [6.07, 6.45) is 2.40. The molecule has 0 aromatic rings. The van der Waals surface area contributed by atoms with Gasteiger partial charge in [-0.2, -0.15) is 0 Å². The normalized spacial score (nSPS) is 14.1. The second kappa shape index (κ2) is 6.16. The quantitative estimate of drug-likeness (QED) is 0.681. The standard InChI is InChI=1S/C13H28N2/c1-10(2)11(3)7-8-13(5,6)15-12(4)9-14/h10-11,15H,4,7-9,14H2,1-3,5-6H3. The van der Waals surface area contributed by atoms with Crippen LogP contribution in [0.2, 0.25) is 0 Å². The van der Waals surface area contributed by atoms with Crippen molar-refractivity contribution in [2.24, 2.45) is 17.6 Å². The van der Waals surface area contributed by atoms with Gasteiger partial charge in [-0.05, 0) is 38.5 Å². The van der Waals surface area contributed by atoms with Crippen molar-refractivity contribution in [1.29, 1.82) is 0 Å². The Balaban J connectivity index is 3.98. The van der Waals surface area contributed by atoms with Crippen LogP contribution in [0.5, 0.6) is 0 Å². The fourth-order valence-corrected chi connectivity index (χ4v) is 1.51. The Hall–Kier alpha value is -0.500. The lowest BCUT2D eigenvalue weighted by atomic mass is 9.87. The Kier molecular flexibility index (Phi) is 5.96. The molecule has 2 heteroatoms. The van der Waals surface area contributed by atoms with Crippen molar-refractivity contribution in [2.75, 3.05) is 6.54 Å². The van der Waals surface area contributed by atoms with E-state index in [-0.39, 0.29) is 5.54 Å². The van der Waals surface area contributed by atoms with Crippen LogP contribution in [0.4, 0.5) is 0 Å². The topological polar surface area (TPSA) is 38.0 Å². The van der Waals surface area contributed by atoms with Crippen molar-refractivity contribution in [2.45, 2.75) is 53.0 Å². The van der Waals surface area contributed by atoms with Gasteiger partial charge in [0.1, 0.15) is 0 Å². The predicted molar refractivity (Wildman–Crippen MR) is 68.6 cm³/mol. The van der Waals surface area contributed by atoms with Gasteiger partial charge in [0, 0.05) is 17.8 Å². The monoisotopic (exact) mass is 212 g/mol. The number of nitrogens with one attached hydrogen (secondary N) is 1. The van der Waals surface area contributed by atoms with Gasteiger partial charge in [-0.1, -0.05) is 27.4 Å². The summed E-state index contributed by atoms with van der Waals surface area (Å²) >= 11 is 0. The molecule has 3 N–H and O–H groups in total. The van der Waals surface area contributed by atoms with Crippen molar-refractivity contribution in [3.63, 3.8) is 0 Å². The van der Waals surface area contributed by atoms with Crippen LogP contribution < -0.4 is 11.1 Å². The number of hydrogen-bond donors (Lipinski definition) is 2. The van der Waals surface area contributed by atoms with Gasteiger partial charge in [0.05, 0.1) is 0 Å². The first kappa shape index (κ1) is 14.5. The molecule has 0 bridgehead atoms. The number of hydrogen-bond acceptors (Lipinski definition) is 2. The minimum absolute atomic E-state index is 0.111. The van der Waals surface area contributed by atoms with Crippen molar-refractivity contribution in [1.82, 2.24) is 5.32 Å². The molecule has 15 heavy (non-hydrogen) atoms. The first-order valence-electron chi connectivity index (χ1n) is 5.94. The number of nitrogens with two attached hydrogens (primary N) is 1. The van der Waals surface area contributed by atoms with Crippen molar-refractivity contribution in [3.8, 4) is 0 Å². The molecule has 0 radical (unpaired) electrons. The molecule has 0 aromatic carbocycles. The van der Waals surface area contributed by atoms with Crippen LogP contribution in [-0.2, 0) is 0 Å². The summed E-state index contributed by atoms with van der Waals surface area (Å²) < 4.78 is 0. The van der Waals surface area contributed by atoms with E-state index >= 15 is 0 Å². The van der Waals surface area contributed by atoms with Gasteiger partial charge in [0.2, 0.25) is 0 Å². The third kappa shape index (κ3) is 6.56. The number of rotatable bonds is 7. The highest BCUT2D eigenvalue weighted by molar-refractivity contribution is 4.98. The molecule has 0 aliphatic rings. The van der Waals surface area contributed by atoms with Crippen LogP contribution in [0, 0.1) is 11.8 Å². The average Bonchev–Trinajstić information content (AvgIpc) is 2.13. The zero-order valence-corrected chi connectivity index (χ0v) is 11.1. The maximum absolute atomic E-state index is 5.52. The zero-order valence-electron chi connectivity index (χ0n) is 11.1. The van der Waals surface area contributed by atoms with Crippen molar-refractivity contribution >= 4 is 0 Å². The summed E-state index contributed by atoms with van der Waals surface area (Å²) in [6, 6.07) is 0. The van der Waals surface area contributed by atoms with Crippen LogP contribution in [0.1, 0.15) is 47.5 Å². The maximum Gasteiger partial charge on any atom is 0.0322 e. The predicted octanol–water partition coefficient (Wildman–Crippen LogP) is 2.90. The highest BCUT2D eigenvalue weighted by atomic mass is 15.0. The first-order valence-corrected chi connectivity index (χ1v) is 5.94. The van der Waals surface area contributed by atoms with E-state index in [4.69, 9.17) is 5.73 Å². The first-order chi connectivity index (χ1) is 6.78. The second-order valence-electron chi connectivity index (χ2n) is 5.58. The third-order valence-corrected chi connectivity index (χ3v) is 3.12. The SMILES string of the molecule is C=C(CN)NC(C)(C)CCC(C)C(C)C. The molecule has 0 aliphatic carbocycles. The average molecular weight is 212 g/mol. The molecular formula is C13H28N2. The van der Waals surface area contributed by atoms with E-state index in [9.17, 15) is 0 Å². The molecular weight excluding hydrogens is 184 g/mol. The van der Waals surface area contributed by atoms with Gasteiger partial charge in [0.25, 0.3) is 0 Å². The minimum Gasteiger partial charge on any atom is -0.383 e. The molecule has 2 nitrogen and oxygen atoms in total. The summed E-state index contributed by atoms with van der Waals surface area (Å²) in [5.74, 6) is 1.54. The Labute approximate surface area is 95.3 Å². The molecule has 0 heterocycles. The molecule has 0 spiro atoms. The van der Waals surface area contributed by atoms with Gasteiger partial charge >= 0.3 is 0 Å². The Morgan fingerprint density at radius 2 is 1.87 bits per heavy atom. The molecule has 0 rings (SSSR count). The second-order valence-corrected chi connectivity index (χ2v) is 5.58. The molecule has 90 valence electrons. The molecule has 0 saturated carbocycles. The summed E-state index contributed by atoms with van der Waals surface area (Å²) in [4.78, 5) is 0.